The van der Waals surface area contributed by atoms with Gasteiger partial charge in [-0.15, -0.1) is 11.8 Å². The van der Waals surface area contributed by atoms with E-state index in [2.05, 4.69) is 26.1 Å². The Bertz CT molecular complexity index is 1330. The molecule has 188 valence electrons. The number of carbonyl (C=O) groups is 2. The molecule has 1 aliphatic carbocycles. The van der Waals surface area contributed by atoms with Crippen molar-refractivity contribution >= 4 is 29.4 Å². The number of thioether (sulfide) groups is 1. The minimum absolute atomic E-state index is 0.0835. The number of halogens is 1. The summed E-state index contributed by atoms with van der Waals surface area (Å²) in [5, 5.41) is 7.76. The Balaban J connectivity index is 1.75. The Labute approximate surface area is 215 Å². The zero-order valence-electron chi connectivity index (χ0n) is 21.0. The number of nitrogens with one attached hydrogen (secondary N) is 1. The summed E-state index contributed by atoms with van der Waals surface area (Å²) >= 11 is 1.45. The highest BCUT2D eigenvalue weighted by atomic mass is 32.2. The fourth-order valence-corrected chi connectivity index (χ4v) is 5.78. The van der Waals surface area contributed by atoms with Gasteiger partial charge in [-0.2, -0.15) is 5.10 Å². The van der Waals surface area contributed by atoms with E-state index in [4.69, 9.17) is 5.10 Å². The average Bonchev–Trinajstić information content (AvgIpc) is 3.55. The molecule has 2 heterocycles. The van der Waals surface area contributed by atoms with Gasteiger partial charge in [-0.25, -0.2) is 9.07 Å². The average molecular weight is 507 g/mol. The molecule has 1 N–H and O–H groups in total. The van der Waals surface area contributed by atoms with Gasteiger partial charge >= 0.3 is 0 Å². The first-order chi connectivity index (χ1) is 17.1. The highest BCUT2D eigenvalue weighted by Gasteiger charge is 2.40. The van der Waals surface area contributed by atoms with Crippen LogP contribution >= 0.6 is 11.8 Å². The van der Waals surface area contributed by atoms with E-state index in [9.17, 15) is 14.0 Å². The Morgan fingerprint density at radius 3 is 2.58 bits per heavy atom. The topological polar surface area (TPSA) is 67.2 Å². The van der Waals surface area contributed by atoms with E-state index in [1.165, 1.54) is 23.9 Å². The maximum Gasteiger partial charge on any atom is 0.240 e. The molecule has 0 spiro atoms. The third-order valence-corrected chi connectivity index (χ3v) is 7.70. The molecule has 0 radical (unpaired) electrons. The second-order valence-electron chi connectivity index (χ2n) is 10.7. The SMILES string of the molecule is Cc1cccc(-n2nc(C(C)(C)C)c3c2N(CC(=O)NC2CC2)C(=O)CS[C@H]3c2cccc(F)c2)c1. The lowest BCUT2D eigenvalue weighted by atomic mass is 9.87. The van der Waals surface area contributed by atoms with E-state index >= 15 is 0 Å². The summed E-state index contributed by atoms with van der Waals surface area (Å²) in [6, 6.07) is 14.7. The van der Waals surface area contributed by atoms with Crippen LogP contribution < -0.4 is 10.2 Å². The van der Waals surface area contributed by atoms with Gasteiger partial charge in [0.05, 0.1) is 22.4 Å². The number of rotatable bonds is 5. The molecule has 8 heteroatoms. The van der Waals surface area contributed by atoms with Crippen LogP contribution in [-0.4, -0.2) is 39.9 Å². The number of hydrogen-bond acceptors (Lipinski definition) is 4. The quantitative estimate of drug-likeness (QED) is 0.525. The Kier molecular flexibility index (Phi) is 6.41. The monoisotopic (exact) mass is 506 g/mol. The van der Waals surface area contributed by atoms with Gasteiger partial charge in [-0.3, -0.25) is 14.5 Å². The molecule has 5 rings (SSSR count). The molecule has 2 aromatic carbocycles. The smallest absolute Gasteiger partial charge is 0.240 e. The predicted octanol–water partition coefficient (Wildman–Crippen LogP) is 5.07. The molecular formula is C28H31FN4O2S. The molecule has 2 amide bonds. The summed E-state index contributed by atoms with van der Waals surface area (Å²) in [6.45, 7) is 8.18. The molecular weight excluding hydrogens is 475 g/mol. The van der Waals surface area contributed by atoms with Gasteiger partial charge in [0.2, 0.25) is 11.8 Å². The van der Waals surface area contributed by atoms with Crippen molar-refractivity contribution in [1.29, 1.82) is 0 Å². The molecule has 1 aliphatic heterocycles. The first-order valence-electron chi connectivity index (χ1n) is 12.3. The molecule has 1 fully saturated rings. The highest BCUT2D eigenvalue weighted by Crippen LogP contribution is 2.48. The highest BCUT2D eigenvalue weighted by molar-refractivity contribution is 8.00. The van der Waals surface area contributed by atoms with Crippen LogP contribution in [0, 0.1) is 12.7 Å². The zero-order chi connectivity index (χ0) is 25.6. The third-order valence-electron chi connectivity index (χ3n) is 6.44. The number of aromatic nitrogens is 2. The summed E-state index contributed by atoms with van der Waals surface area (Å²) in [4.78, 5) is 28.1. The van der Waals surface area contributed by atoms with Crippen molar-refractivity contribution in [2.24, 2.45) is 0 Å². The number of amides is 2. The van der Waals surface area contributed by atoms with Gasteiger partial charge in [0.15, 0.2) is 0 Å². The first-order valence-corrected chi connectivity index (χ1v) is 13.3. The van der Waals surface area contributed by atoms with Gasteiger partial charge in [-0.1, -0.05) is 45.0 Å². The minimum Gasteiger partial charge on any atom is -0.352 e. The van der Waals surface area contributed by atoms with Crippen LogP contribution in [0.4, 0.5) is 10.2 Å². The largest absolute Gasteiger partial charge is 0.352 e. The van der Waals surface area contributed by atoms with Crippen molar-refractivity contribution in [3.63, 3.8) is 0 Å². The molecule has 1 saturated carbocycles. The number of benzene rings is 2. The van der Waals surface area contributed by atoms with Crippen molar-refractivity contribution in [3.05, 3.63) is 76.7 Å². The van der Waals surface area contributed by atoms with Crippen molar-refractivity contribution < 1.29 is 14.0 Å². The maximum absolute atomic E-state index is 14.3. The lowest BCUT2D eigenvalue weighted by Gasteiger charge is -2.24. The van der Waals surface area contributed by atoms with Gasteiger partial charge < -0.3 is 5.32 Å². The van der Waals surface area contributed by atoms with Gasteiger partial charge in [0, 0.05) is 17.0 Å². The number of anilines is 1. The van der Waals surface area contributed by atoms with E-state index in [1.807, 2.05) is 37.3 Å². The van der Waals surface area contributed by atoms with Crippen molar-refractivity contribution in [2.45, 2.75) is 57.2 Å². The summed E-state index contributed by atoms with van der Waals surface area (Å²) in [5.74, 6) is 0.0833. The summed E-state index contributed by atoms with van der Waals surface area (Å²) in [6.07, 6.45) is 1.94. The lowest BCUT2D eigenvalue weighted by molar-refractivity contribution is -0.123. The van der Waals surface area contributed by atoms with Crippen LogP contribution in [0.1, 0.15) is 61.2 Å². The van der Waals surface area contributed by atoms with E-state index in [0.29, 0.717) is 5.82 Å². The van der Waals surface area contributed by atoms with Crippen LogP contribution in [0.25, 0.3) is 5.69 Å². The number of nitrogens with zero attached hydrogens (tertiary/aromatic N) is 3. The molecule has 1 atom stereocenters. The van der Waals surface area contributed by atoms with Crippen LogP contribution in [0.15, 0.2) is 48.5 Å². The van der Waals surface area contributed by atoms with E-state index < -0.39 is 0 Å². The number of aryl methyl sites for hydroxylation is 1. The van der Waals surface area contributed by atoms with Crippen LogP contribution in [0.3, 0.4) is 0 Å². The Hall–Kier alpha value is -3.13. The normalized spacial score (nSPS) is 18.1. The summed E-state index contributed by atoms with van der Waals surface area (Å²) in [5.41, 5.74) is 3.95. The van der Waals surface area contributed by atoms with E-state index in [1.54, 1.807) is 15.6 Å². The third kappa shape index (κ3) is 4.91. The fraction of sp³-hybridized carbons (Fsp3) is 0.393. The van der Waals surface area contributed by atoms with Crippen LogP contribution in [-0.2, 0) is 15.0 Å². The van der Waals surface area contributed by atoms with E-state index in [0.717, 1.165) is 40.9 Å². The molecule has 3 aromatic rings. The molecule has 36 heavy (non-hydrogen) atoms. The second kappa shape index (κ2) is 9.39. The molecule has 6 nitrogen and oxygen atoms in total. The first kappa shape index (κ1) is 24.6. The lowest BCUT2D eigenvalue weighted by Crippen LogP contribution is -2.43. The molecule has 0 saturated heterocycles. The summed E-state index contributed by atoms with van der Waals surface area (Å²) in [7, 11) is 0. The zero-order valence-corrected chi connectivity index (χ0v) is 21.9. The van der Waals surface area contributed by atoms with Gasteiger partial charge in [0.1, 0.15) is 18.2 Å². The minimum atomic E-state index is -0.360. The van der Waals surface area contributed by atoms with Crippen molar-refractivity contribution in [2.75, 3.05) is 17.2 Å². The molecule has 2 aliphatic rings. The van der Waals surface area contributed by atoms with Crippen LogP contribution in [0.5, 0.6) is 0 Å². The predicted molar refractivity (Wildman–Crippen MR) is 141 cm³/mol. The molecule has 1 aromatic heterocycles. The number of carbonyl (C=O) groups excluding carboxylic acids is 2. The van der Waals surface area contributed by atoms with Crippen molar-refractivity contribution in [1.82, 2.24) is 15.1 Å². The van der Waals surface area contributed by atoms with Crippen LogP contribution in [0.2, 0.25) is 0 Å². The van der Waals surface area contributed by atoms with Gasteiger partial charge in [-0.05, 0) is 55.2 Å². The second-order valence-corrected chi connectivity index (χ2v) is 11.7. The van der Waals surface area contributed by atoms with Gasteiger partial charge in [0.25, 0.3) is 0 Å². The Morgan fingerprint density at radius 1 is 1.17 bits per heavy atom. The standard InChI is InChI=1S/C28H31FN4O2S/c1-17-7-5-10-21(13-17)33-27-24(26(31-33)28(2,3)4)25(18-8-6-9-19(29)14-18)36-16-23(35)32(27)15-22(34)30-20-11-12-20/h5-10,13-14,20,25H,11-12,15-16H2,1-4H3,(H,30,34)/t25-/m0/s1. The molecule has 0 unspecified atom stereocenters. The number of fused-ring (bicyclic) bond motifs is 1. The van der Waals surface area contributed by atoms with Crippen molar-refractivity contribution in [3.8, 4) is 5.69 Å². The fourth-order valence-electron chi connectivity index (χ4n) is 4.59. The molecule has 0 bridgehead atoms. The number of hydrogen-bond donors (Lipinski definition) is 1. The summed E-state index contributed by atoms with van der Waals surface area (Å²) < 4.78 is 16.1. The van der Waals surface area contributed by atoms with E-state index in [-0.39, 0.29) is 46.6 Å². The maximum atomic E-state index is 14.3. The Morgan fingerprint density at radius 2 is 1.92 bits per heavy atom.